The van der Waals surface area contributed by atoms with Crippen LogP contribution in [-0.4, -0.2) is 59.8 Å². The SMILES string of the molecule is COC(=O)c1c(C)cc(N2CC3CCC(C2)N3C(=O)OC(C)(C)C)nc1C. The van der Waals surface area contributed by atoms with E-state index in [1.165, 1.54) is 7.11 Å². The van der Waals surface area contributed by atoms with Crippen molar-refractivity contribution in [3.8, 4) is 0 Å². The number of esters is 1. The van der Waals surface area contributed by atoms with Crippen LogP contribution >= 0.6 is 0 Å². The number of pyridine rings is 1. The van der Waals surface area contributed by atoms with E-state index in [9.17, 15) is 9.59 Å². The fourth-order valence-corrected chi connectivity index (χ4v) is 4.09. The largest absolute Gasteiger partial charge is 0.465 e. The maximum Gasteiger partial charge on any atom is 0.410 e. The van der Waals surface area contributed by atoms with E-state index in [0.717, 1.165) is 37.3 Å². The lowest BCUT2D eigenvalue weighted by Crippen LogP contribution is -2.57. The van der Waals surface area contributed by atoms with Gasteiger partial charge in [-0.2, -0.15) is 0 Å². The van der Waals surface area contributed by atoms with Gasteiger partial charge in [0.1, 0.15) is 11.4 Å². The molecule has 0 saturated carbocycles. The minimum Gasteiger partial charge on any atom is -0.465 e. The van der Waals surface area contributed by atoms with Gasteiger partial charge in [-0.15, -0.1) is 0 Å². The van der Waals surface area contributed by atoms with Crippen molar-refractivity contribution in [2.75, 3.05) is 25.1 Å². The number of anilines is 1. The number of amides is 1. The van der Waals surface area contributed by atoms with E-state index in [4.69, 9.17) is 9.47 Å². The molecule has 2 fully saturated rings. The highest BCUT2D eigenvalue weighted by atomic mass is 16.6. The van der Waals surface area contributed by atoms with Crippen LogP contribution in [0.15, 0.2) is 6.07 Å². The zero-order chi connectivity index (χ0) is 19.9. The molecule has 7 heteroatoms. The van der Waals surface area contributed by atoms with Gasteiger partial charge in [-0.3, -0.25) is 4.90 Å². The summed E-state index contributed by atoms with van der Waals surface area (Å²) in [4.78, 5) is 33.3. The lowest BCUT2D eigenvalue weighted by atomic mass is 10.1. The summed E-state index contributed by atoms with van der Waals surface area (Å²) in [6, 6.07) is 2.18. The third-order valence-electron chi connectivity index (χ3n) is 5.18. The van der Waals surface area contributed by atoms with Crippen molar-refractivity contribution in [1.29, 1.82) is 0 Å². The van der Waals surface area contributed by atoms with E-state index in [1.54, 1.807) is 0 Å². The second-order valence-electron chi connectivity index (χ2n) is 8.43. The number of carbonyl (C=O) groups excluding carboxylic acids is 2. The second kappa shape index (κ2) is 7.02. The number of hydrogen-bond donors (Lipinski definition) is 0. The fraction of sp³-hybridized carbons (Fsp3) is 0.650. The quantitative estimate of drug-likeness (QED) is 0.740. The van der Waals surface area contributed by atoms with Crippen molar-refractivity contribution >= 4 is 17.9 Å². The Morgan fingerprint density at radius 3 is 2.22 bits per heavy atom. The Morgan fingerprint density at radius 1 is 1.15 bits per heavy atom. The zero-order valence-electron chi connectivity index (χ0n) is 17.0. The smallest absolute Gasteiger partial charge is 0.410 e. The third kappa shape index (κ3) is 3.87. The monoisotopic (exact) mass is 375 g/mol. The normalized spacial score (nSPS) is 22.0. The first-order chi connectivity index (χ1) is 12.6. The van der Waals surface area contributed by atoms with Gasteiger partial charge < -0.3 is 14.4 Å². The van der Waals surface area contributed by atoms with Crippen molar-refractivity contribution in [3.63, 3.8) is 0 Å². The van der Waals surface area contributed by atoms with Gasteiger partial charge in [0.25, 0.3) is 0 Å². The summed E-state index contributed by atoms with van der Waals surface area (Å²) in [5, 5.41) is 0. The van der Waals surface area contributed by atoms with E-state index in [-0.39, 0.29) is 24.1 Å². The Labute approximate surface area is 160 Å². The van der Waals surface area contributed by atoms with Crippen LogP contribution in [0.2, 0.25) is 0 Å². The standard InChI is InChI=1S/C20H29N3O4/c1-12-9-16(21-13(2)17(12)18(24)26-6)22-10-14-7-8-15(11-22)23(14)19(25)27-20(3,4)5/h9,14-15H,7-8,10-11H2,1-6H3. The van der Waals surface area contributed by atoms with Crippen molar-refractivity contribution in [2.45, 2.75) is 65.1 Å². The number of methoxy groups -OCH3 is 1. The summed E-state index contributed by atoms with van der Waals surface area (Å²) in [7, 11) is 1.38. The predicted molar refractivity (Wildman–Crippen MR) is 102 cm³/mol. The average Bonchev–Trinajstić information content (AvgIpc) is 2.82. The van der Waals surface area contributed by atoms with Gasteiger partial charge in [0.2, 0.25) is 0 Å². The molecule has 0 spiro atoms. The molecule has 1 amide bonds. The topological polar surface area (TPSA) is 72.0 Å². The van der Waals surface area contributed by atoms with Crippen LogP contribution in [0.1, 0.15) is 55.2 Å². The number of fused-ring (bicyclic) bond motifs is 2. The maximum atomic E-state index is 12.6. The molecule has 1 aromatic heterocycles. The van der Waals surface area contributed by atoms with E-state index < -0.39 is 5.60 Å². The molecule has 27 heavy (non-hydrogen) atoms. The van der Waals surface area contributed by atoms with E-state index in [2.05, 4.69) is 9.88 Å². The Bertz CT molecular complexity index is 719. The maximum absolute atomic E-state index is 12.6. The van der Waals surface area contributed by atoms with Gasteiger partial charge in [0.15, 0.2) is 0 Å². The summed E-state index contributed by atoms with van der Waals surface area (Å²) in [6.07, 6.45) is 1.72. The Morgan fingerprint density at radius 2 is 1.74 bits per heavy atom. The molecule has 0 aromatic carbocycles. The number of piperazine rings is 1. The lowest BCUT2D eigenvalue weighted by Gasteiger charge is -2.42. The van der Waals surface area contributed by atoms with Crippen molar-refractivity contribution in [1.82, 2.24) is 9.88 Å². The Hall–Kier alpha value is -2.31. The predicted octanol–water partition coefficient (Wildman–Crippen LogP) is 3.07. The molecule has 2 unspecified atom stereocenters. The van der Waals surface area contributed by atoms with Crippen LogP contribution in [0.25, 0.3) is 0 Å². The van der Waals surface area contributed by atoms with Crippen LogP contribution < -0.4 is 4.90 Å². The summed E-state index contributed by atoms with van der Waals surface area (Å²) in [5.41, 5.74) is 1.55. The number of aromatic nitrogens is 1. The van der Waals surface area contributed by atoms with Gasteiger partial charge in [-0.25, -0.2) is 14.6 Å². The van der Waals surface area contributed by atoms with E-state index in [1.807, 2.05) is 45.6 Å². The summed E-state index contributed by atoms with van der Waals surface area (Å²) in [5.74, 6) is 0.484. The van der Waals surface area contributed by atoms with Gasteiger partial charge >= 0.3 is 12.1 Å². The van der Waals surface area contributed by atoms with Crippen molar-refractivity contribution in [3.05, 3.63) is 22.9 Å². The van der Waals surface area contributed by atoms with Crippen LogP contribution in [-0.2, 0) is 9.47 Å². The van der Waals surface area contributed by atoms with Gasteiger partial charge in [-0.05, 0) is 59.1 Å². The molecule has 3 heterocycles. The van der Waals surface area contributed by atoms with Crippen LogP contribution in [0.3, 0.4) is 0 Å². The van der Waals surface area contributed by atoms with E-state index >= 15 is 0 Å². The molecule has 2 aliphatic rings. The second-order valence-corrected chi connectivity index (χ2v) is 8.43. The highest BCUT2D eigenvalue weighted by Crippen LogP contribution is 2.34. The highest BCUT2D eigenvalue weighted by Gasteiger charge is 2.44. The molecular weight excluding hydrogens is 346 g/mol. The molecule has 2 saturated heterocycles. The molecule has 2 bridgehead atoms. The third-order valence-corrected chi connectivity index (χ3v) is 5.18. The number of hydrogen-bond acceptors (Lipinski definition) is 6. The molecule has 1 aromatic rings. The number of nitrogens with zero attached hydrogens (tertiary/aromatic N) is 3. The summed E-state index contributed by atoms with van der Waals surface area (Å²) >= 11 is 0. The summed E-state index contributed by atoms with van der Waals surface area (Å²) in [6.45, 7) is 10.8. The van der Waals surface area contributed by atoms with Crippen molar-refractivity contribution in [2.24, 2.45) is 0 Å². The molecule has 7 nitrogen and oxygen atoms in total. The molecule has 0 radical (unpaired) electrons. The number of carbonyl (C=O) groups is 2. The van der Waals surface area contributed by atoms with Crippen LogP contribution in [0.4, 0.5) is 10.6 Å². The number of aryl methyl sites for hydroxylation is 2. The first kappa shape index (κ1) is 19.5. The summed E-state index contributed by atoms with van der Waals surface area (Å²) < 4.78 is 10.5. The molecule has 0 aliphatic carbocycles. The number of rotatable bonds is 2. The Balaban J connectivity index is 1.79. The first-order valence-corrected chi connectivity index (χ1v) is 9.43. The minimum atomic E-state index is -0.493. The Kier molecular flexibility index (Phi) is 5.06. The molecule has 3 rings (SSSR count). The number of ether oxygens (including phenoxy) is 2. The zero-order valence-corrected chi connectivity index (χ0v) is 17.0. The minimum absolute atomic E-state index is 0.126. The molecule has 148 valence electrons. The molecule has 2 aliphatic heterocycles. The van der Waals surface area contributed by atoms with Gasteiger partial charge in [0.05, 0.1) is 30.5 Å². The van der Waals surface area contributed by atoms with Crippen LogP contribution in [0.5, 0.6) is 0 Å². The fourth-order valence-electron chi connectivity index (χ4n) is 4.09. The van der Waals surface area contributed by atoms with Crippen molar-refractivity contribution < 1.29 is 19.1 Å². The van der Waals surface area contributed by atoms with Gasteiger partial charge in [-0.1, -0.05) is 0 Å². The lowest BCUT2D eigenvalue weighted by molar-refractivity contribution is 0.0122. The molecular formula is C20H29N3O4. The van der Waals surface area contributed by atoms with E-state index in [0.29, 0.717) is 11.3 Å². The molecule has 0 N–H and O–H groups in total. The average molecular weight is 375 g/mol. The first-order valence-electron chi connectivity index (χ1n) is 9.43. The van der Waals surface area contributed by atoms with Gasteiger partial charge in [0, 0.05) is 13.1 Å². The molecule has 2 atom stereocenters. The van der Waals surface area contributed by atoms with Crippen LogP contribution in [0, 0.1) is 13.8 Å². The highest BCUT2D eigenvalue weighted by molar-refractivity contribution is 5.92.